The molecule has 1 amide bonds. The number of rotatable bonds is 5. The van der Waals surface area contributed by atoms with Gasteiger partial charge in [-0.15, -0.1) is 0 Å². The van der Waals surface area contributed by atoms with Gasteiger partial charge < -0.3 is 10.3 Å². The van der Waals surface area contributed by atoms with E-state index in [1.54, 1.807) is 6.07 Å². The van der Waals surface area contributed by atoms with Gasteiger partial charge in [0.05, 0.1) is 11.0 Å². The lowest BCUT2D eigenvalue weighted by Crippen LogP contribution is -2.26. The number of carbonyl (C=O) groups is 1. The minimum atomic E-state index is -0.281. The maximum atomic E-state index is 13.2. The van der Waals surface area contributed by atoms with Crippen molar-refractivity contribution >= 4 is 16.9 Å². The van der Waals surface area contributed by atoms with Gasteiger partial charge in [-0.25, -0.2) is 9.37 Å². The Hall–Kier alpha value is -2.70. The Morgan fingerprint density at radius 2 is 2.25 bits per heavy atom. The van der Waals surface area contributed by atoms with Crippen molar-refractivity contribution in [3.63, 3.8) is 0 Å². The van der Waals surface area contributed by atoms with E-state index in [1.165, 1.54) is 12.1 Å². The largest absolute Gasteiger partial charge is 0.351 e. The normalized spacial score (nSPS) is 13.4. The zero-order valence-corrected chi connectivity index (χ0v) is 13.2. The highest BCUT2D eigenvalue weighted by Crippen LogP contribution is 2.22. The first-order chi connectivity index (χ1) is 11.7. The van der Waals surface area contributed by atoms with E-state index in [1.807, 2.05) is 0 Å². The van der Waals surface area contributed by atoms with Crippen LogP contribution in [0.5, 0.6) is 0 Å². The van der Waals surface area contributed by atoms with Crippen LogP contribution in [-0.4, -0.2) is 32.6 Å². The molecule has 0 unspecified atom stereocenters. The van der Waals surface area contributed by atoms with Gasteiger partial charge in [-0.1, -0.05) is 0 Å². The molecule has 124 valence electrons. The predicted molar refractivity (Wildman–Crippen MR) is 87.3 cm³/mol. The van der Waals surface area contributed by atoms with Crippen LogP contribution in [0.4, 0.5) is 4.39 Å². The molecule has 0 saturated heterocycles. The van der Waals surface area contributed by atoms with E-state index in [-0.39, 0.29) is 11.7 Å². The Kier molecular flexibility index (Phi) is 3.76. The van der Waals surface area contributed by atoms with Crippen molar-refractivity contribution in [2.45, 2.75) is 32.1 Å². The highest BCUT2D eigenvalue weighted by Gasteiger charge is 2.22. The van der Waals surface area contributed by atoms with E-state index in [0.29, 0.717) is 24.2 Å². The topological polar surface area (TPSA) is 86.5 Å². The number of halogens is 1. The molecule has 3 N–H and O–H groups in total. The lowest BCUT2D eigenvalue weighted by molar-refractivity contribution is 0.0947. The Labute approximate surface area is 137 Å². The van der Waals surface area contributed by atoms with E-state index in [9.17, 15) is 9.18 Å². The second kappa shape index (κ2) is 6.07. The van der Waals surface area contributed by atoms with Crippen LogP contribution in [0, 0.1) is 5.82 Å². The first kappa shape index (κ1) is 14.9. The Morgan fingerprint density at radius 3 is 3.17 bits per heavy atom. The molecule has 0 spiro atoms. The van der Waals surface area contributed by atoms with E-state index >= 15 is 0 Å². The Morgan fingerprint density at radius 1 is 1.33 bits per heavy atom. The molecule has 6 nitrogen and oxygen atoms in total. The average molecular weight is 327 g/mol. The second-order valence-corrected chi connectivity index (χ2v) is 6.09. The predicted octanol–water partition coefficient (Wildman–Crippen LogP) is 2.28. The molecule has 0 radical (unpaired) electrons. The molecule has 0 fully saturated rings. The molecule has 7 heteroatoms. The summed E-state index contributed by atoms with van der Waals surface area (Å²) in [6, 6.07) is 4.49. The molecule has 4 rings (SSSR count). The summed E-state index contributed by atoms with van der Waals surface area (Å²) in [5.41, 5.74) is 4.13. The highest BCUT2D eigenvalue weighted by molar-refractivity contribution is 5.94. The van der Waals surface area contributed by atoms with Gasteiger partial charge in [0.15, 0.2) is 5.69 Å². The van der Waals surface area contributed by atoms with Crippen molar-refractivity contribution in [1.82, 2.24) is 25.5 Å². The number of H-pyrrole nitrogens is 2. The molecule has 0 bridgehead atoms. The van der Waals surface area contributed by atoms with Crippen LogP contribution in [0.1, 0.15) is 40.4 Å². The number of nitrogens with zero attached hydrogens (tertiary/aromatic N) is 2. The number of hydrogen-bond donors (Lipinski definition) is 3. The molecule has 1 aliphatic carbocycles. The smallest absolute Gasteiger partial charge is 0.272 e. The van der Waals surface area contributed by atoms with E-state index < -0.39 is 0 Å². The summed E-state index contributed by atoms with van der Waals surface area (Å²) < 4.78 is 13.2. The number of fused-ring (bicyclic) bond motifs is 2. The third-order valence-corrected chi connectivity index (χ3v) is 4.39. The number of aryl methyl sites for hydroxylation is 2. The molecule has 0 saturated carbocycles. The zero-order valence-electron chi connectivity index (χ0n) is 13.2. The van der Waals surface area contributed by atoms with Crippen molar-refractivity contribution in [3.8, 4) is 0 Å². The zero-order chi connectivity index (χ0) is 16.5. The fourth-order valence-corrected chi connectivity index (χ4v) is 3.20. The van der Waals surface area contributed by atoms with Crippen LogP contribution < -0.4 is 5.32 Å². The maximum Gasteiger partial charge on any atom is 0.272 e. The summed E-state index contributed by atoms with van der Waals surface area (Å²) in [4.78, 5) is 19.7. The highest BCUT2D eigenvalue weighted by atomic mass is 19.1. The van der Waals surface area contributed by atoms with Gasteiger partial charge in [0.2, 0.25) is 0 Å². The minimum Gasteiger partial charge on any atom is -0.351 e. The third kappa shape index (κ3) is 2.77. The fourth-order valence-electron chi connectivity index (χ4n) is 3.20. The van der Waals surface area contributed by atoms with E-state index in [2.05, 4.69) is 25.5 Å². The van der Waals surface area contributed by atoms with Crippen LogP contribution in [0.2, 0.25) is 0 Å². The molecule has 0 aliphatic heterocycles. The van der Waals surface area contributed by atoms with Crippen molar-refractivity contribution in [3.05, 3.63) is 46.8 Å². The molecule has 1 aliphatic rings. The van der Waals surface area contributed by atoms with Crippen molar-refractivity contribution in [2.75, 3.05) is 6.54 Å². The first-order valence-electron chi connectivity index (χ1n) is 8.19. The number of nitrogens with one attached hydrogen (secondary N) is 3. The van der Waals surface area contributed by atoms with Crippen LogP contribution >= 0.6 is 0 Å². The number of hydrogen-bond acceptors (Lipinski definition) is 3. The van der Waals surface area contributed by atoms with Crippen LogP contribution in [0.25, 0.3) is 11.0 Å². The number of aromatic amines is 2. The molecule has 24 heavy (non-hydrogen) atoms. The molecule has 2 heterocycles. The first-order valence-corrected chi connectivity index (χ1v) is 8.19. The molecule has 2 aromatic heterocycles. The molecule has 1 aromatic carbocycles. The number of benzene rings is 1. The quantitative estimate of drug-likeness (QED) is 0.628. The summed E-state index contributed by atoms with van der Waals surface area (Å²) in [6.07, 6.45) is 4.42. The van der Waals surface area contributed by atoms with Gasteiger partial charge in [0.1, 0.15) is 11.6 Å². The summed E-state index contributed by atoms with van der Waals surface area (Å²) in [7, 11) is 0. The Balaban J connectivity index is 1.31. The van der Waals surface area contributed by atoms with Crippen LogP contribution in [0.3, 0.4) is 0 Å². The summed E-state index contributed by atoms with van der Waals surface area (Å²) in [5, 5.41) is 9.97. The number of imidazole rings is 1. The average Bonchev–Trinajstić information content (AvgIpc) is 3.25. The van der Waals surface area contributed by atoms with Gasteiger partial charge in [0.25, 0.3) is 5.91 Å². The lowest BCUT2D eigenvalue weighted by atomic mass is 10.2. The Bertz CT molecular complexity index is 898. The fraction of sp³-hybridized carbons (Fsp3) is 0.353. The molecule has 0 atom stereocenters. The van der Waals surface area contributed by atoms with E-state index in [4.69, 9.17) is 0 Å². The second-order valence-electron chi connectivity index (χ2n) is 6.09. The molecule has 3 aromatic rings. The third-order valence-electron chi connectivity index (χ3n) is 4.39. The number of amides is 1. The number of aromatic nitrogens is 4. The minimum absolute atomic E-state index is 0.124. The van der Waals surface area contributed by atoms with Gasteiger partial charge in [0, 0.05) is 24.2 Å². The SMILES string of the molecule is O=C(NCCCc1nc2ccc(F)cc2[nH]1)c1n[nH]c2c1CCC2. The van der Waals surface area contributed by atoms with Crippen molar-refractivity contribution < 1.29 is 9.18 Å². The van der Waals surface area contributed by atoms with Gasteiger partial charge in [-0.3, -0.25) is 9.89 Å². The van der Waals surface area contributed by atoms with E-state index in [0.717, 1.165) is 48.3 Å². The van der Waals surface area contributed by atoms with Crippen molar-refractivity contribution in [2.24, 2.45) is 0 Å². The van der Waals surface area contributed by atoms with Crippen LogP contribution in [0.15, 0.2) is 18.2 Å². The summed E-state index contributed by atoms with van der Waals surface area (Å²) in [6.45, 7) is 0.547. The van der Waals surface area contributed by atoms with Gasteiger partial charge in [-0.2, -0.15) is 5.10 Å². The monoisotopic (exact) mass is 327 g/mol. The standard InChI is InChI=1S/C17H18FN5O/c18-10-6-7-13-14(9-10)21-15(20-13)5-2-8-19-17(24)16-11-3-1-4-12(11)22-23-16/h6-7,9H,1-5,8H2,(H,19,24)(H,20,21)(H,22,23). The van der Waals surface area contributed by atoms with Gasteiger partial charge >= 0.3 is 0 Å². The summed E-state index contributed by atoms with van der Waals surface area (Å²) >= 11 is 0. The molecular weight excluding hydrogens is 309 g/mol. The van der Waals surface area contributed by atoms with Crippen molar-refractivity contribution in [1.29, 1.82) is 0 Å². The summed E-state index contributed by atoms with van der Waals surface area (Å²) in [5.74, 6) is 0.392. The lowest BCUT2D eigenvalue weighted by Gasteiger charge is -2.03. The number of carbonyl (C=O) groups excluding carboxylic acids is 1. The maximum absolute atomic E-state index is 13.2. The molecular formula is C17H18FN5O. The van der Waals surface area contributed by atoms with Gasteiger partial charge in [-0.05, 0) is 43.9 Å². The van der Waals surface area contributed by atoms with Crippen LogP contribution in [-0.2, 0) is 19.3 Å².